The molecular formula is C88H56N6. The molecule has 0 spiro atoms. The molecule has 6 heteroatoms. The molecule has 14 aromatic carbocycles. The van der Waals surface area contributed by atoms with Crippen molar-refractivity contribution in [3.8, 4) is 90.0 Å². The first-order chi connectivity index (χ1) is 46.6. The Morgan fingerprint density at radius 1 is 0.181 bits per heavy atom. The maximum Gasteiger partial charge on any atom is 0.235 e. The molecule has 94 heavy (non-hydrogen) atoms. The van der Waals surface area contributed by atoms with Crippen LogP contribution in [-0.2, 0) is 0 Å². The molecule has 0 aliphatic carbocycles. The quantitative estimate of drug-likeness (QED) is 0.137. The van der Waals surface area contributed by atoms with Gasteiger partial charge >= 0.3 is 0 Å². The molecule has 19 rings (SSSR count). The molecule has 0 aliphatic heterocycles. The van der Waals surface area contributed by atoms with E-state index in [2.05, 4.69) is 358 Å². The second-order valence-electron chi connectivity index (χ2n) is 24.5. The van der Waals surface area contributed by atoms with Gasteiger partial charge in [-0.1, -0.05) is 237 Å². The van der Waals surface area contributed by atoms with Gasteiger partial charge in [-0.25, -0.2) is 9.97 Å². The van der Waals surface area contributed by atoms with Crippen LogP contribution in [0.1, 0.15) is 0 Å². The molecule has 0 atom stereocenters. The maximum atomic E-state index is 5.80. The van der Waals surface area contributed by atoms with Crippen LogP contribution >= 0.6 is 0 Å². The summed E-state index contributed by atoms with van der Waals surface area (Å²) in [5, 5.41) is 9.55. The third-order valence-electron chi connectivity index (χ3n) is 19.2. The van der Waals surface area contributed by atoms with Gasteiger partial charge in [-0.2, -0.15) is 0 Å². The Hall–Kier alpha value is -12.6. The minimum absolute atomic E-state index is 0.583. The van der Waals surface area contributed by atoms with E-state index in [1.807, 2.05) is 0 Å². The molecule has 0 N–H and O–H groups in total. The molecule has 0 saturated heterocycles. The molecule has 19 aromatic rings. The summed E-state index contributed by atoms with van der Waals surface area (Å²) >= 11 is 0. The van der Waals surface area contributed by atoms with Crippen molar-refractivity contribution < 1.29 is 0 Å². The van der Waals surface area contributed by atoms with Gasteiger partial charge in [-0.05, 0) is 148 Å². The number of nitrogens with zero attached hydrogens (tertiary/aromatic N) is 6. The number of para-hydroxylation sites is 6. The Kier molecular flexibility index (Phi) is 12.2. The summed E-state index contributed by atoms with van der Waals surface area (Å²) in [4.78, 5) is 11.5. The van der Waals surface area contributed by atoms with E-state index < -0.39 is 0 Å². The van der Waals surface area contributed by atoms with Crippen molar-refractivity contribution in [2.24, 2.45) is 0 Å². The fraction of sp³-hybridized carbons (Fsp3) is 0. The average Bonchev–Trinajstić information content (AvgIpc) is 1.72. The predicted octanol–water partition coefficient (Wildman–Crippen LogP) is 22.9. The first kappa shape index (κ1) is 53.2. The first-order valence-electron chi connectivity index (χ1n) is 32.1. The van der Waals surface area contributed by atoms with E-state index in [0.29, 0.717) is 5.95 Å². The van der Waals surface area contributed by atoms with Gasteiger partial charge < -0.3 is 13.7 Å². The van der Waals surface area contributed by atoms with Crippen molar-refractivity contribution in [2.75, 3.05) is 0 Å². The lowest BCUT2D eigenvalue weighted by Gasteiger charge is -2.18. The molecule has 0 aliphatic rings. The third kappa shape index (κ3) is 8.51. The van der Waals surface area contributed by atoms with E-state index in [0.717, 1.165) is 117 Å². The minimum atomic E-state index is 0.583. The highest BCUT2D eigenvalue weighted by molar-refractivity contribution is 6.15. The van der Waals surface area contributed by atoms with Gasteiger partial charge in [0.2, 0.25) is 5.95 Å². The Morgan fingerprint density at radius 3 is 1.02 bits per heavy atom. The van der Waals surface area contributed by atoms with Crippen molar-refractivity contribution in [3.05, 3.63) is 340 Å². The van der Waals surface area contributed by atoms with Gasteiger partial charge in [0, 0.05) is 71.3 Å². The summed E-state index contributed by atoms with van der Waals surface area (Å²) in [5.74, 6) is 0.583. The van der Waals surface area contributed by atoms with Gasteiger partial charge in [-0.15, -0.1) is 0 Å². The van der Waals surface area contributed by atoms with Crippen LogP contribution in [0.2, 0.25) is 0 Å². The monoisotopic (exact) mass is 1200 g/mol. The first-order valence-corrected chi connectivity index (χ1v) is 32.1. The van der Waals surface area contributed by atoms with E-state index in [1.54, 1.807) is 0 Å². The normalized spacial score (nSPS) is 11.8. The number of rotatable bonds is 10. The Bertz CT molecular complexity index is 6150. The zero-order valence-corrected chi connectivity index (χ0v) is 51.0. The SMILES string of the molecule is c1ccc(-c2cccc(-c3ccccc3)c2-c2cc(-c3cccc(-n4c5ccccc5c5cc(-c6ccc7c8ccccc8n(-c8ccccc8)c7c6)ccc54)c3)nc(-n3c4ccccc4c4cc(-c5ccc6c7ccccc7n(-c7ccccc7)c6c5)ccc43)n2)cc1. The van der Waals surface area contributed by atoms with Gasteiger partial charge in [0.05, 0.1) is 55.5 Å². The Balaban J connectivity index is 0.794. The molecule has 6 nitrogen and oxygen atoms in total. The standard InChI is InChI=1S/C88H56N6/c1-5-23-57(24-6-1)67-37-22-38-68(58-25-7-2-8-26-58)87(67)78-56-77(89-88(90-78)94-82-42-20-16-36-72(82)76-53-60(46-50-84(76)94)62-44-48-74-70-34-14-18-40-80(70)92(86(74)55-62)65-30-11-4-12-31-65)63-27-21-32-66(51-63)93-81-41-19-15-35-71(81)75-52-59(45-49-83(75)93)61-43-47-73-69-33-13-17-39-79(69)91(85(73)54-61)64-28-9-3-10-29-64/h1-56H. The van der Waals surface area contributed by atoms with Crippen LogP contribution in [0, 0.1) is 0 Å². The van der Waals surface area contributed by atoms with Gasteiger partial charge in [0.1, 0.15) is 0 Å². The lowest BCUT2D eigenvalue weighted by Crippen LogP contribution is -2.05. The zero-order chi connectivity index (χ0) is 61.8. The number of aromatic nitrogens is 6. The summed E-state index contributed by atoms with van der Waals surface area (Å²) in [7, 11) is 0. The smallest absolute Gasteiger partial charge is 0.235 e. The van der Waals surface area contributed by atoms with Crippen molar-refractivity contribution in [1.29, 1.82) is 0 Å². The maximum absolute atomic E-state index is 5.80. The highest BCUT2D eigenvalue weighted by Gasteiger charge is 2.24. The van der Waals surface area contributed by atoms with Crippen LogP contribution in [-0.4, -0.2) is 28.2 Å². The summed E-state index contributed by atoms with van der Waals surface area (Å²) in [6, 6.07) is 123. The zero-order valence-electron chi connectivity index (χ0n) is 51.0. The molecule has 0 fully saturated rings. The molecular weight excluding hydrogens is 1140 g/mol. The van der Waals surface area contributed by atoms with Crippen LogP contribution in [0.5, 0.6) is 0 Å². The van der Waals surface area contributed by atoms with E-state index in [-0.39, 0.29) is 0 Å². The summed E-state index contributed by atoms with van der Waals surface area (Å²) in [6.45, 7) is 0. The third-order valence-corrected chi connectivity index (χ3v) is 19.2. The number of hydrogen-bond acceptors (Lipinski definition) is 2. The Morgan fingerprint density at radius 2 is 0.521 bits per heavy atom. The van der Waals surface area contributed by atoms with Crippen LogP contribution in [0.15, 0.2) is 340 Å². The van der Waals surface area contributed by atoms with Gasteiger partial charge in [0.15, 0.2) is 0 Å². The summed E-state index contributed by atoms with van der Waals surface area (Å²) in [6.07, 6.45) is 0. The molecule has 5 aromatic heterocycles. The van der Waals surface area contributed by atoms with E-state index in [4.69, 9.17) is 9.97 Å². The lowest BCUT2D eigenvalue weighted by atomic mass is 9.89. The van der Waals surface area contributed by atoms with E-state index in [1.165, 1.54) is 54.4 Å². The van der Waals surface area contributed by atoms with Crippen molar-refractivity contribution in [3.63, 3.8) is 0 Å². The topological polar surface area (TPSA) is 45.5 Å². The lowest BCUT2D eigenvalue weighted by molar-refractivity contribution is 0.995. The fourth-order valence-electron chi connectivity index (χ4n) is 15.0. The predicted molar refractivity (Wildman–Crippen MR) is 392 cm³/mol. The van der Waals surface area contributed by atoms with Crippen LogP contribution in [0.25, 0.3) is 177 Å². The minimum Gasteiger partial charge on any atom is -0.309 e. The second-order valence-corrected chi connectivity index (χ2v) is 24.5. The second kappa shape index (κ2) is 21.5. The average molecular weight is 1200 g/mol. The molecule has 0 amide bonds. The van der Waals surface area contributed by atoms with Crippen LogP contribution in [0.3, 0.4) is 0 Å². The highest BCUT2D eigenvalue weighted by atomic mass is 15.2. The van der Waals surface area contributed by atoms with Gasteiger partial charge in [0.25, 0.3) is 0 Å². The van der Waals surface area contributed by atoms with Crippen molar-refractivity contribution in [2.45, 2.75) is 0 Å². The largest absolute Gasteiger partial charge is 0.309 e. The molecule has 0 radical (unpaired) electrons. The molecule has 5 heterocycles. The highest BCUT2D eigenvalue weighted by Crippen LogP contribution is 2.45. The van der Waals surface area contributed by atoms with Gasteiger partial charge in [-0.3, -0.25) is 4.57 Å². The number of benzene rings is 14. The molecule has 0 unspecified atom stereocenters. The van der Waals surface area contributed by atoms with Crippen LogP contribution in [0.4, 0.5) is 0 Å². The van der Waals surface area contributed by atoms with Crippen molar-refractivity contribution >= 4 is 87.2 Å². The van der Waals surface area contributed by atoms with Crippen LogP contribution < -0.4 is 0 Å². The summed E-state index contributed by atoms with van der Waals surface area (Å²) < 4.78 is 9.48. The summed E-state index contributed by atoms with van der Waals surface area (Å²) in [5.41, 5.74) is 24.9. The number of fused-ring (bicyclic) bond motifs is 12. The number of hydrogen-bond donors (Lipinski definition) is 0. The fourth-order valence-corrected chi connectivity index (χ4v) is 15.0. The van der Waals surface area contributed by atoms with E-state index in [9.17, 15) is 0 Å². The van der Waals surface area contributed by atoms with E-state index >= 15 is 0 Å². The molecule has 0 saturated carbocycles. The Labute approximate surface area is 542 Å². The van der Waals surface area contributed by atoms with Crippen molar-refractivity contribution in [1.82, 2.24) is 28.2 Å². The molecule has 438 valence electrons. The molecule has 0 bridgehead atoms.